The molecule has 0 aliphatic rings. The van der Waals surface area contributed by atoms with E-state index in [0.29, 0.717) is 16.8 Å². The second-order valence-corrected chi connectivity index (χ2v) is 4.60. The summed E-state index contributed by atoms with van der Waals surface area (Å²) in [4.78, 5) is 1.45. The Morgan fingerprint density at radius 3 is 2.43 bits per heavy atom. The summed E-state index contributed by atoms with van der Waals surface area (Å²) < 4.78 is 13.0. The standard InChI is InChI=1S/C16H11FN4/c1-21-19-10-16(20-21)15-8-12(2-3-13(15)9-18)11-4-6-14(17)7-5-11/h2-8,10H,1H3. The molecule has 0 aliphatic heterocycles. The van der Waals surface area contributed by atoms with Crippen molar-refractivity contribution in [1.82, 2.24) is 15.0 Å². The maximum atomic E-state index is 13.0. The molecule has 0 fully saturated rings. The first-order valence-electron chi connectivity index (χ1n) is 6.34. The van der Waals surface area contributed by atoms with Crippen LogP contribution in [0.1, 0.15) is 5.56 Å². The van der Waals surface area contributed by atoms with Crippen LogP contribution in [0.5, 0.6) is 0 Å². The molecule has 0 radical (unpaired) electrons. The molecule has 0 spiro atoms. The predicted octanol–water partition coefficient (Wildman–Crippen LogP) is 3.16. The Morgan fingerprint density at radius 2 is 1.81 bits per heavy atom. The van der Waals surface area contributed by atoms with Crippen molar-refractivity contribution >= 4 is 0 Å². The Kier molecular flexibility index (Phi) is 3.20. The lowest BCUT2D eigenvalue weighted by atomic mass is 9.98. The van der Waals surface area contributed by atoms with Crippen LogP contribution in [0, 0.1) is 17.1 Å². The summed E-state index contributed by atoms with van der Waals surface area (Å²) in [6, 6.07) is 13.8. The summed E-state index contributed by atoms with van der Waals surface area (Å²) in [7, 11) is 1.72. The molecule has 5 heteroatoms. The maximum Gasteiger partial charge on any atom is 0.123 e. The average Bonchev–Trinajstić information content (AvgIpc) is 2.94. The first-order chi connectivity index (χ1) is 10.2. The minimum Gasteiger partial charge on any atom is -0.207 e. The van der Waals surface area contributed by atoms with Crippen LogP contribution in [-0.4, -0.2) is 15.0 Å². The smallest absolute Gasteiger partial charge is 0.123 e. The van der Waals surface area contributed by atoms with Gasteiger partial charge in [0.25, 0.3) is 0 Å². The molecule has 0 unspecified atom stereocenters. The van der Waals surface area contributed by atoms with E-state index in [1.165, 1.54) is 16.9 Å². The highest BCUT2D eigenvalue weighted by Gasteiger charge is 2.10. The Morgan fingerprint density at radius 1 is 1.10 bits per heavy atom. The second-order valence-electron chi connectivity index (χ2n) is 4.60. The van der Waals surface area contributed by atoms with E-state index in [0.717, 1.165) is 11.1 Å². The monoisotopic (exact) mass is 278 g/mol. The third-order valence-corrected chi connectivity index (χ3v) is 3.19. The number of hydrogen-bond donors (Lipinski definition) is 0. The quantitative estimate of drug-likeness (QED) is 0.723. The zero-order valence-corrected chi connectivity index (χ0v) is 11.3. The van der Waals surface area contributed by atoms with Gasteiger partial charge >= 0.3 is 0 Å². The number of nitrogens with zero attached hydrogens (tertiary/aromatic N) is 4. The fraction of sp³-hybridized carbons (Fsp3) is 0.0625. The fourth-order valence-corrected chi connectivity index (χ4v) is 2.14. The first kappa shape index (κ1) is 13.0. The molecule has 4 nitrogen and oxygen atoms in total. The Bertz CT molecular complexity index is 828. The van der Waals surface area contributed by atoms with Gasteiger partial charge in [0.05, 0.1) is 17.8 Å². The highest BCUT2D eigenvalue weighted by atomic mass is 19.1. The average molecular weight is 278 g/mol. The number of aromatic nitrogens is 3. The lowest BCUT2D eigenvalue weighted by Crippen LogP contribution is -1.93. The van der Waals surface area contributed by atoms with Crippen LogP contribution in [0.4, 0.5) is 4.39 Å². The molecular weight excluding hydrogens is 267 g/mol. The highest BCUT2D eigenvalue weighted by Crippen LogP contribution is 2.28. The van der Waals surface area contributed by atoms with Crippen molar-refractivity contribution in [2.45, 2.75) is 0 Å². The van der Waals surface area contributed by atoms with Crippen molar-refractivity contribution in [1.29, 1.82) is 5.26 Å². The molecular formula is C16H11FN4. The fourth-order valence-electron chi connectivity index (χ4n) is 2.14. The lowest BCUT2D eigenvalue weighted by molar-refractivity contribution is 0.628. The normalized spacial score (nSPS) is 10.3. The minimum absolute atomic E-state index is 0.276. The van der Waals surface area contributed by atoms with Crippen LogP contribution in [-0.2, 0) is 7.05 Å². The summed E-state index contributed by atoms with van der Waals surface area (Å²) in [6.07, 6.45) is 1.62. The summed E-state index contributed by atoms with van der Waals surface area (Å²) in [5.41, 5.74) is 3.66. The van der Waals surface area contributed by atoms with Gasteiger partial charge in [-0.3, -0.25) is 0 Å². The van der Waals surface area contributed by atoms with Crippen molar-refractivity contribution in [3.05, 3.63) is 60.0 Å². The van der Waals surface area contributed by atoms with Gasteiger partial charge in [-0.05, 0) is 35.4 Å². The van der Waals surface area contributed by atoms with Crippen LogP contribution in [0.2, 0.25) is 0 Å². The Balaban J connectivity index is 2.13. The number of halogens is 1. The number of aryl methyl sites for hydroxylation is 1. The van der Waals surface area contributed by atoms with E-state index in [4.69, 9.17) is 0 Å². The van der Waals surface area contributed by atoms with Crippen LogP contribution in [0.15, 0.2) is 48.7 Å². The van der Waals surface area contributed by atoms with E-state index in [1.54, 1.807) is 31.4 Å². The van der Waals surface area contributed by atoms with Crippen LogP contribution in [0.25, 0.3) is 22.4 Å². The van der Waals surface area contributed by atoms with Gasteiger partial charge < -0.3 is 0 Å². The van der Waals surface area contributed by atoms with Crippen molar-refractivity contribution in [2.75, 3.05) is 0 Å². The maximum absolute atomic E-state index is 13.0. The topological polar surface area (TPSA) is 54.5 Å². The molecule has 3 rings (SSSR count). The summed E-state index contributed by atoms with van der Waals surface area (Å²) in [5.74, 6) is -0.276. The zero-order valence-electron chi connectivity index (χ0n) is 11.3. The van der Waals surface area contributed by atoms with Crippen LogP contribution in [0.3, 0.4) is 0 Å². The molecule has 102 valence electrons. The number of hydrogen-bond acceptors (Lipinski definition) is 3. The third-order valence-electron chi connectivity index (χ3n) is 3.19. The molecule has 0 saturated heterocycles. The van der Waals surface area contributed by atoms with E-state index < -0.39 is 0 Å². The van der Waals surface area contributed by atoms with Gasteiger partial charge in [-0.1, -0.05) is 18.2 Å². The molecule has 0 saturated carbocycles. The molecule has 2 aromatic carbocycles. The Hall–Kier alpha value is -3.00. The molecule has 0 aliphatic carbocycles. The van der Waals surface area contributed by atoms with Crippen molar-refractivity contribution < 1.29 is 4.39 Å². The van der Waals surface area contributed by atoms with Crippen LogP contribution < -0.4 is 0 Å². The van der Waals surface area contributed by atoms with E-state index >= 15 is 0 Å². The second kappa shape index (κ2) is 5.17. The molecule has 0 bridgehead atoms. The highest BCUT2D eigenvalue weighted by molar-refractivity contribution is 5.75. The minimum atomic E-state index is -0.276. The summed E-state index contributed by atoms with van der Waals surface area (Å²) >= 11 is 0. The molecule has 3 aromatic rings. The van der Waals surface area contributed by atoms with Gasteiger partial charge in [0, 0.05) is 12.6 Å². The van der Waals surface area contributed by atoms with Gasteiger partial charge in [-0.15, -0.1) is 0 Å². The third kappa shape index (κ3) is 2.51. The molecule has 1 heterocycles. The van der Waals surface area contributed by atoms with Crippen molar-refractivity contribution in [3.8, 4) is 28.5 Å². The van der Waals surface area contributed by atoms with Gasteiger partial charge in [0.1, 0.15) is 11.5 Å². The molecule has 0 amide bonds. The molecule has 0 atom stereocenters. The van der Waals surface area contributed by atoms with Gasteiger partial charge in [0.15, 0.2) is 0 Å². The molecule has 21 heavy (non-hydrogen) atoms. The van der Waals surface area contributed by atoms with E-state index in [-0.39, 0.29) is 5.82 Å². The largest absolute Gasteiger partial charge is 0.207 e. The van der Waals surface area contributed by atoms with Gasteiger partial charge in [-0.2, -0.15) is 20.3 Å². The predicted molar refractivity (Wildman–Crippen MR) is 76.5 cm³/mol. The molecule has 0 N–H and O–H groups in total. The summed E-state index contributed by atoms with van der Waals surface area (Å²) in [5, 5.41) is 17.5. The zero-order chi connectivity index (χ0) is 14.8. The van der Waals surface area contributed by atoms with Gasteiger partial charge in [0.2, 0.25) is 0 Å². The van der Waals surface area contributed by atoms with E-state index in [9.17, 15) is 9.65 Å². The SMILES string of the molecule is Cn1ncc(-c2cc(-c3ccc(F)cc3)ccc2C#N)n1. The van der Waals surface area contributed by atoms with Gasteiger partial charge in [-0.25, -0.2) is 4.39 Å². The molecule has 1 aromatic heterocycles. The van der Waals surface area contributed by atoms with Crippen molar-refractivity contribution in [3.63, 3.8) is 0 Å². The lowest BCUT2D eigenvalue weighted by Gasteiger charge is -2.06. The summed E-state index contributed by atoms with van der Waals surface area (Å²) in [6.45, 7) is 0. The van der Waals surface area contributed by atoms with Crippen LogP contribution >= 0.6 is 0 Å². The Labute approximate surface area is 121 Å². The first-order valence-corrected chi connectivity index (χ1v) is 6.34. The van der Waals surface area contributed by atoms with Crippen molar-refractivity contribution in [2.24, 2.45) is 7.05 Å². The number of rotatable bonds is 2. The number of benzene rings is 2. The number of nitriles is 1. The van der Waals surface area contributed by atoms with E-state index in [1.807, 2.05) is 12.1 Å². The van der Waals surface area contributed by atoms with E-state index in [2.05, 4.69) is 16.3 Å².